The van der Waals surface area contributed by atoms with Gasteiger partial charge in [-0.1, -0.05) is 16.8 Å². The minimum absolute atomic E-state index is 0.0293. The Balaban J connectivity index is 1.30. The molecule has 0 aliphatic rings. The van der Waals surface area contributed by atoms with E-state index in [2.05, 4.69) is 20.6 Å². The molecule has 8 heteroatoms. The van der Waals surface area contributed by atoms with Gasteiger partial charge in [-0.3, -0.25) is 14.5 Å². The molecule has 0 amide bonds. The second-order valence-corrected chi connectivity index (χ2v) is 7.23. The number of nitrogens with one attached hydrogen (secondary N) is 1. The van der Waals surface area contributed by atoms with Crippen LogP contribution in [-0.2, 0) is 13.2 Å². The highest BCUT2D eigenvalue weighted by molar-refractivity contribution is 6.31. The average molecular weight is 422 g/mol. The maximum Gasteiger partial charge on any atom is 0.159 e. The largest absolute Gasteiger partial charge is 0.487 e. The maximum atomic E-state index is 11.3. The van der Waals surface area contributed by atoms with E-state index in [1.165, 1.54) is 6.92 Å². The molecule has 0 bridgehead atoms. The fourth-order valence-electron chi connectivity index (χ4n) is 3.04. The number of hydrogen-bond acceptors (Lipinski definition) is 6. The van der Waals surface area contributed by atoms with Crippen LogP contribution in [0.15, 0.2) is 60.9 Å². The second-order valence-electron chi connectivity index (χ2n) is 6.79. The first kappa shape index (κ1) is 19.8. The van der Waals surface area contributed by atoms with Crippen LogP contribution in [0.2, 0.25) is 5.02 Å². The van der Waals surface area contributed by atoms with Gasteiger partial charge < -0.3 is 10.1 Å². The third-order valence-electron chi connectivity index (χ3n) is 4.59. The van der Waals surface area contributed by atoms with Gasteiger partial charge >= 0.3 is 0 Å². The third kappa shape index (κ3) is 4.75. The van der Waals surface area contributed by atoms with Crippen molar-refractivity contribution in [1.29, 1.82) is 0 Å². The smallest absolute Gasteiger partial charge is 0.159 e. The van der Waals surface area contributed by atoms with Gasteiger partial charge in [0.1, 0.15) is 18.1 Å². The molecule has 2 heterocycles. The molecule has 0 aliphatic carbocycles. The van der Waals surface area contributed by atoms with Crippen molar-refractivity contribution in [3.05, 3.63) is 77.2 Å². The van der Waals surface area contributed by atoms with Crippen LogP contribution in [0.25, 0.3) is 10.9 Å². The molecule has 4 aromatic rings. The zero-order valence-corrected chi connectivity index (χ0v) is 17.1. The first-order valence-corrected chi connectivity index (χ1v) is 9.87. The van der Waals surface area contributed by atoms with Crippen LogP contribution in [0.1, 0.15) is 23.0 Å². The van der Waals surface area contributed by atoms with Crippen LogP contribution < -0.4 is 10.1 Å². The number of anilines is 1. The lowest BCUT2D eigenvalue weighted by Gasteiger charge is -2.09. The standard InChI is InChI=1S/C22H20ClN5O2/c1-15(29)16-2-5-19(6-3-16)30-14-18-13-28(27-26-18)11-10-25-21-8-9-24-22-12-17(23)4-7-20(21)22/h2-9,12-13H,10-11,14H2,1H3,(H,24,25). The van der Waals surface area contributed by atoms with Gasteiger partial charge in [0.25, 0.3) is 0 Å². The minimum Gasteiger partial charge on any atom is -0.487 e. The van der Waals surface area contributed by atoms with Gasteiger partial charge in [-0.05, 0) is 55.5 Å². The quantitative estimate of drug-likeness (QED) is 0.425. The first-order valence-electron chi connectivity index (χ1n) is 9.49. The Kier molecular flexibility index (Phi) is 5.90. The fraction of sp³-hybridized carbons (Fsp3) is 0.182. The average Bonchev–Trinajstić information content (AvgIpc) is 3.20. The molecule has 0 spiro atoms. The highest BCUT2D eigenvalue weighted by atomic mass is 35.5. The van der Waals surface area contributed by atoms with Crippen molar-refractivity contribution in [2.24, 2.45) is 0 Å². The van der Waals surface area contributed by atoms with E-state index < -0.39 is 0 Å². The number of carbonyl (C=O) groups is 1. The van der Waals surface area contributed by atoms with Crippen LogP contribution in [0.5, 0.6) is 5.75 Å². The molecule has 152 valence electrons. The van der Waals surface area contributed by atoms with E-state index in [1.54, 1.807) is 35.1 Å². The summed E-state index contributed by atoms with van der Waals surface area (Å²) in [5.41, 5.74) is 3.24. The molecular formula is C22H20ClN5O2. The number of ether oxygens (including phenoxy) is 1. The number of carbonyl (C=O) groups excluding carboxylic acids is 1. The Morgan fingerprint density at radius 2 is 2.00 bits per heavy atom. The van der Waals surface area contributed by atoms with Crippen molar-refractivity contribution in [3.63, 3.8) is 0 Å². The summed E-state index contributed by atoms with van der Waals surface area (Å²) in [5.74, 6) is 0.711. The predicted octanol–water partition coefficient (Wildman–Crippen LogP) is 4.37. The van der Waals surface area contributed by atoms with E-state index in [0.29, 0.717) is 36.0 Å². The zero-order valence-electron chi connectivity index (χ0n) is 16.4. The van der Waals surface area contributed by atoms with Crippen molar-refractivity contribution in [1.82, 2.24) is 20.0 Å². The van der Waals surface area contributed by atoms with Gasteiger partial charge in [0.05, 0.1) is 18.3 Å². The molecular weight excluding hydrogens is 402 g/mol. The number of hydrogen-bond donors (Lipinski definition) is 1. The maximum absolute atomic E-state index is 11.3. The van der Waals surface area contributed by atoms with Gasteiger partial charge in [-0.15, -0.1) is 5.10 Å². The van der Waals surface area contributed by atoms with Crippen molar-refractivity contribution in [2.45, 2.75) is 20.1 Å². The lowest BCUT2D eigenvalue weighted by molar-refractivity contribution is 0.101. The number of fused-ring (bicyclic) bond motifs is 1. The predicted molar refractivity (Wildman–Crippen MR) is 116 cm³/mol. The molecule has 0 fully saturated rings. The van der Waals surface area contributed by atoms with Crippen LogP contribution in [0, 0.1) is 0 Å². The van der Waals surface area contributed by atoms with E-state index >= 15 is 0 Å². The van der Waals surface area contributed by atoms with Crippen molar-refractivity contribution in [3.8, 4) is 5.75 Å². The lowest BCUT2D eigenvalue weighted by Crippen LogP contribution is -2.11. The molecule has 2 aromatic heterocycles. The summed E-state index contributed by atoms with van der Waals surface area (Å²) < 4.78 is 7.48. The second kappa shape index (κ2) is 8.92. The zero-order chi connectivity index (χ0) is 20.9. The van der Waals surface area contributed by atoms with Gasteiger partial charge in [0.2, 0.25) is 0 Å². The highest BCUT2D eigenvalue weighted by Crippen LogP contribution is 2.24. The molecule has 0 unspecified atom stereocenters. The summed E-state index contributed by atoms with van der Waals surface area (Å²) in [6.07, 6.45) is 3.62. The van der Waals surface area contributed by atoms with Crippen molar-refractivity contribution >= 4 is 34.0 Å². The van der Waals surface area contributed by atoms with Crippen LogP contribution in [0.4, 0.5) is 5.69 Å². The minimum atomic E-state index is 0.0293. The summed E-state index contributed by atoms with van der Waals surface area (Å²) >= 11 is 6.04. The molecule has 7 nitrogen and oxygen atoms in total. The lowest BCUT2D eigenvalue weighted by atomic mass is 10.1. The number of nitrogens with zero attached hydrogens (tertiary/aromatic N) is 4. The number of halogens is 1. The molecule has 0 saturated carbocycles. The Labute approximate surface area is 178 Å². The van der Waals surface area contributed by atoms with E-state index in [1.807, 2.05) is 30.5 Å². The molecule has 0 saturated heterocycles. The Hall–Kier alpha value is -3.45. The SMILES string of the molecule is CC(=O)c1ccc(OCc2cn(CCNc3ccnc4cc(Cl)ccc34)nn2)cc1. The summed E-state index contributed by atoms with van der Waals surface area (Å²) in [6.45, 7) is 3.17. The number of benzene rings is 2. The first-order chi connectivity index (χ1) is 14.6. The Morgan fingerprint density at radius 3 is 2.80 bits per heavy atom. The van der Waals surface area contributed by atoms with E-state index in [4.69, 9.17) is 16.3 Å². The number of aromatic nitrogens is 4. The summed E-state index contributed by atoms with van der Waals surface area (Å²) in [7, 11) is 0. The number of Topliss-reactive ketones (excluding diaryl/α,β-unsaturated/α-hetero) is 1. The highest BCUT2D eigenvalue weighted by Gasteiger charge is 2.05. The van der Waals surface area contributed by atoms with E-state index in [-0.39, 0.29) is 5.78 Å². The summed E-state index contributed by atoms with van der Waals surface area (Å²) in [6, 6.07) is 14.6. The van der Waals surface area contributed by atoms with Crippen LogP contribution in [-0.4, -0.2) is 32.3 Å². The molecule has 0 radical (unpaired) electrons. The molecule has 2 aromatic carbocycles. The van der Waals surface area contributed by atoms with Crippen molar-refractivity contribution < 1.29 is 9.53 Å². The third-order valence-corrected chi connectivity index (χ3v) is 4.83. The fourth-order valence-corrected chi connectivity index (χ4v) is 3.20. The molecule has 30 heavy (non-hydrogen) atoms. The van der Waals surface area contributed by atoms with Gasteiger partial charge in [0.15, 0.2) is 5.78 Å². The van der Waals surface area contributed by atoms with Gasteiger partial charge in [-0.25, -0.2) is 0 Å². The van der Waals surface area contributed by atoms with Gasteiger partial charge in [0, 0.05) is 34.4 Å². The Morgan fingerprint density at radius 1 is 1.17 bits per heavy atom. The van der Waals surface area contributed by atoms with Crippen LogP contribution >= 0.6 is 11.6 Å². The topological polar surface area (TPSA) is 81.9 Å². The summed E-state index contributed by atoms with van der Waals surface area (Å²) in [4.78, 5) is 15.7. The Bertz CT molecular complexity index is 1170. The monoisotopic (exact) mass is 421 g/mol. The molecule has 0 aliphatic heterocycles. The number of ketones is 1. The molecule has 0 atom stereocenters. The number of pyridine rings is 1. The molecule has 1 N–H and O–H groups in total. The van der Waals surface area contributed by atoms with E-state index in [9.17, 15) is 4.79 Å². The van der Waals surface area contributed by atoms with Gasteiger partial charge in [-0.2, -0.15) is 0 Å². The van der Waals surface area contributed by atoms with Crippen LogP contribution in [0.3, 0.4) is 0 Å². The van der Waals surface area contributed by atoms with E-state index in [0.717, 1.165) is 22.3 Å². The normalized spacial score (nSPS) is 10.9. The summed E-state index contributed by atoms with van der Waals surface area (Å²) in [5, 5.41) is 13.4. The number of rotatable bonds is 8. The molecule has 4 rings (SSSR count). The van der Waals surface area contributed by atoms with Crippen molar-refractivity contribution in [2.75, 3.05) is 11.9 Å².